The molecule has 0 aliphatic heterocycles. The second kappa shape index (κ2) is 5.52. The maximum Gasteiger partial charge on any atom is 0.239 e. The third-order valence-electron chi connectivity index (χ3n) is 2.21. The fourth-order valence-corrected chi connectivity index (χ4v) is 1.59. The number of benzene rings is 1. The highest BCUT2D eigenvalue weighted by atomic mass is 35.5. The smallest absolute Gasteiger partial charge is 0.239 e. The van der Waals surface area contributed by atoms with Crippen molar-refractivity contribution in [1.29, 1.82) is 0 Å². The van der Waals surface area contributed by atoms with Gasteiger partial charge in [-0.2, -0.15) is 4.98 Å². The Balaban J connectivity index is 2.29. The summed E-state index contributed by atoms with van der Waals surface area (Å²) in [5, 5.41) is 3.68. The van der Waals surface area contributed by atoms with E-state index in [1.165, 1.54) is 0 Å². The molecule has 0 fully saturated rings. The van der Waals surface area contributed by atoms with Crippen LogP contribution >= 0.6 is 11.6 Å². The molecule has 94 valence electrons. The van der Waals surface area contributed by atoms with Gasteiger partial charge in [0.2, 0.25) is 5.95 Å². The van der Waals surface area contributed by atoms with Gasteiger partial charge < -0.3 is 10.1 Å². The number of hydrogen-bond donors (Lipinski definition) is 3. The summed E-state index contributed by atoms with van der Waals surface area (Å²) in [7, 11) is 1.58. The lowest BCUT2D eigenvalue weighted by molar-refractivity contribution is 0.417. The number of halogens is 1. The minimum Gasteiger partial charge on any atom is -0.495 e. The third kappa shape index (κ3) is 2.79. The molecule has 0 saturated heterocycles. The Labute approximate surface area is 109 Å². The number of anilines is 3. The predicted molar refractivity (Wildman–Crippen MR) is 71.1 cm³/mol. The highest BCUT2D eigenvalue weighted by Gasteiger charge is 2.05. The molecule has 1 heterocycles. The van der Waals surface area contributed by atoms with E-state index in [9.17, 15) is 0 Å². The van der Waals surface area contributed by atoms with Gasteiger partial charge in [-0.05, 0) is 24.3 Å². The van der Waals surface area contributed by atoms with Crippen LogP contribution in [0.4, 0.5) is 17.5 Å². The van der Waals surface area contributed by atoms with E-state index in [4.69, 9.17) is 22.2 Å². The first kappa shape index (κ1) is 12.4. The van der Waals surface area contributed by atoms with Gasteiger partial charge in [-0.15, -0.1) is 0 Å². The number of hydrogen-bond acceptors (Lipinski definition) is 6. The highest BCUT2D eigenvalue weighted by Crippen LogP contribution is 2.29. The summed E-state index contributed by atoms with van der Waals surface area (Å²) in [4.78, 5) is 8.05. The van der Waals surface area contributed by atoms with Crippen molar-refractivity contribution >= 4 is 29.1 Å². The molecule has 2 rings (SSSR count). The van der Waals surface area contributed by atoms with Gasteiger partial charge in [0, 0.05) is 11.2 Å². The highest BCUT2D eigenvalue weighted by molar-refractivity contribution is 6.31. The molecule has 0 atom stereocenters. The Morgan fingerprint density at radius 1 is 1.33 bits per heavy atom. The lowest BCUT2D eigenvalue weighted by Crippen LogP contribution is -2.10. The van der Waals surface area contributed by atoms with E-state index in [1.807, 2.05) is 0 Å². The number of ether oxygens (including phenoxy) is 1. The maximum atomic E-state index is 5.94. The number of nitrogens with zero attached hydrogens (tertiary/aromatic N) is 2. The molecular formula is C11H12ClN5O. The number of nitrogens with one attached hydrogen (secondary N) is 2. The zero-order valence-corrected chi connectivity index (χ0v) is 10.4. The zero-order chi connectivity index (χ0) is 13.0. The Bertz CT molecular complexity index is 549. The molecule has 1 aromatic carbocycles. The first-order valence-corrected chi connectivity index (χ1v) is 5.51. The third-order valence-corrected chi connectivity index (χ3v) is 2.44. The van der Waals surface area contributed by atoms with Crippen LogP contribution in [0.15, 0.2) is 30.5 Å². The molecular weight excluding hydrogens is 254 g/mol. The summed E-state index contributed by atoms with van der Waals surface area (Å²) in [5.74, 6) is 6.81. The normalized spacial score (nSPS) is 9.94. The van der Waals surface area contributed by atoms with Crippen molar-refractivity contribution in [3.05, 3.63) is 35.5 Å². The van der Waals surface area contributed by atoms with Gasteiger partial charge >= 0.3 is 0 Å². The maximum absolute atomic E-state index is 5.94. The van der Waals surface area contributed by atoms with Crippen molar-refractivity contribution in [2.75, 3.05) is 17.9 Å². The standard InChI is InChI=1S/C11H12ClN5O/c1-18-9-3-2-7(12)6-8(9)15-10-4-5-14-11(16-10)17-13/h2-6H,13H2,1H3,(H2,14,15,16,17). The molecule has 2 aromatic rings. The van der Waals surface area contributed by atoms with Gasteiger partial charge in [0.25, 0.3) is 0 Å². The quantitative estimate of drug-likeness (QED) is 0.580. The lowest BCUT2D eigenvalue weighted by atomic mass is 10.3. The van der Waals surface area contributed by atoms with Crippen LogP contribution in [0.5, 0.6) is 5.75 Å². The minimum atomic E-state index is 0.320. The number of nitrogens with two attached hydrogens (primary N) is 1. The molecule has 0 radical (unpaired) electrons. The summed E-state index contributed by atoms with van der Waals surface area (Å²) in [5.41, 5.74) is 3.09. The number of nitrogen functional groups attached to an aromatic ring is 1. The van der Waals surface area contributed by atoms with Crippen LogP contribution in [-0.4, -0.2) is 17.1 Å². The molecule has 0 spiro atoms. The summed E-state index contributed by atoms with van der Waals surface area (Å²) in [6.45, 7) is 0. The number of rotatable bonds is 4. The van der Waals surface area contributed by atoms with E-state index in [0.29, 0.717) is 28.2 Å². The van der Waals surface area contributed by atoms with Crippen LogP contribution in [0.3, 0.4) is 0 Å². The number of aromatic nitrogens is 2. The van der Waals surface area contributed by atoms with Crippen molar-refractivity contribution in [3.8, 4) is 5.75 Å². The molecule has 4 N–H and O–H groups in total. The first-order valence-electron chi connectivity index (χ1n) is 5.13. The van der Waals surface area contributed by atoms with Gasteiger partial charge in [0.05, 0.1) is 12.8 Å². The van der Waals surface area contributed by atoms with Crippen molar-refractivity contribution in [2.45, 2.75) is 0 Å². The largest absolute Gasteiger partial charge is 0.495 e. The monoisotopic (exact) mass is 265 g/mol. The lowest BCUT2D eigenvalue weighted by Gasteiger charge is -2.11. The first-order chi connectivity index (χ1) is 8.72. The Morgan fingerprint density at radius 3 is 2.89 bits per heavy atom. The van der Waals surface area contributed by atoms with Crippen LogP contribution < -0.4 is 21.3 Å². The predicted octanol–water partition coefficient (Wildman–Crippen LogP) is 2.17. The van der Waals surface area contributed by atoms with Gasteiger partial charge in [-0.3, -0.25) is 5.43 Å². The van der Waals surface area contributed by atoms with E-state index in [1.54, 1.807) is 37.6 Å². The molecule has 0 aliphatic rings. The topological polar surface area (TPSA) is 85.1 Å². The Kier molecular flexibility index (Phi) is 3.81. The molecule has 0 unspecified atom stereocenters. The SMILES string of the molecule is COc1ccc(Cl)cc1Nc1ccnc(NN)n1. The van der Waals surface area contributed by atoms with E-state index >= 15 is 0 Å². The summed E-state index contributed by atoms with van der Waals surface area (Å²) in [6.07, 6.45) is 1.58. The van der Waals surface area contributed by atoms with Gasteiger partial charge in [-0.25, -0.2) is 10.8 Å². The summed E-state index contributed by atoms with van der Waals surface area (Å²) >= 11 is 5.94. The molecule has 0 bridgehead atoms. The summed E-state index contributed by atoms with van der Waals surface area (Å²) < 4.78 is 5.22. The fraction of sp³-hybridized carbons (Fsp3) is 0.0909. The molecule has 1 aromatic heterocycles. The van der Waals surface area contributed by atoms with Crippen molar-refractivity contribution < 1.29 is 4.74 Å². The van der Waals surface area contributed by atoms with Gasteiger partial charge in [0.15, 0.2) is 0 Å². The van der Waals surface area contributed by atoms with Crippen LogP contribution in [-0.2, 0) is 0 Å². The van der Waals surface area contributed by atoms with E-state index in [0.717, 1.165) is 0 Å². The second-order valence-corrected chi connectivity index (χ2v) is 3.82. The number of hydrazine groups is 1. The van der Waals surface area contributed by atoms with Gasteiger partial charge in [-0.1, -0.05) is 11.6 Å². The molecule has 7 heteroatoms. The fourth-order valence-electron chi connectivity index (χ4n) is 1.41. The van der Waals surface area contributed by atoms with Gasteiger partial charge in [0.1, 0.15) is 11.6 Å². The number of methoxy groups -OCH3 is 1. The van der Waals surface area contributed by atoms with Crippen molar-refractivity contribution in [3.63, 3.8) is 0 Å². The zero-order valence-electron chi connectivity index (χ0n) is 9.64. The Hall–Kier alpha value is -2.05. The van der Waals surface area contributed by atoms with Crippen molar-refractivity contribution in [2.24, 2.45) is 5.84 Å². The van der Waals surface area contributed by atoms with Crippen LogP contribution in [0.2, 0.25) is 5.02 Å². The summed E-state index contributed by atoms with van der Waals surface area (Å²) in [6, 6.07) is 6.98. The van der Waals surface area contributed by atoms with Crippen molar-refractivity contribution in [1.82, 2.24) is 9.97 Å². The van der Waals surface area contributed by atoms with E-state index < -0.39 is 0 Å². The molecule has 0 aliphatic carbocycles. The van der Waals surface area contributed by atoms with Crippen LogP contribution in [0.25, 0.3) is 0 Å². The van der Waals surface area contributed by atoms with E-state index in [2.05, 4.69) is 20.7 Å². The van der Waals surface area contributed by atoms with E-state index in [-0.39, 0.29) is 0 Å². The van der Waals surface area contributed by atoms with Crippen LogP contribution in [0.1, 0.15) is 0 Å². The molecule has 0 amide bonds. The van der Waals surface area contributed by atoms with Crippen LogP contribution in [0, 0.1) is 0 Å². The average molecular weight is 266 g/mol. The minimum absolute atomic E-state index is 0.320. The molecule has 6 nitrogen and oxygen atoms in total. The molecule has 18 heavy (non-hydrogen) atoms. The second-order valence-electron chi connectivity index (χ2n) is 3.38. The molecule has 0 saturated carbocycles. The average Bonchev–Trinajstić information content (AvgIpc) is 2.39. The Morgan fingerprint density at radius 2 is 2.17 bits per heavy atom.